The SMILES string of the molecule is CCCON(C(C)=O)c1ccc(OC(=O)NC)cc1C(C)(C)C. The van der Waals surface area contributed by atoms with Crippen molar-refractivity contribution in [2.75, 3.05) is 18.7 Å². The number of rotatable bonds is 5. The van der Waals surface area contributed by atoms with Crippen molar-refractivity contribution >= 4 is 17.7 Å². The first-order valence-electron chi connectivity index (χ1n) is 7.68. The van der Waals surface area contributed by atoms with Gasteiger partial charge in [0.15, 0.2) is 0 Å². The largest absolute Gasteiger partial charge is 0.412 e. The van der Waals surface area contributed by atoms with Gasteiger partial charge >= 0.3 is 6.09 Å². The lowest BCUT2D eigenvalue weighted by Gasteiger charge is -2.29. The molecule has 0 aromatic heterocycles. The maximum absolute atomic E-state index is 11.9. The van der Waals surface area contributed by atoms with E-state index in [-0.39, 0.29) is 11.3 Å². The zero-order valence-electron chi connectivity index (χ0n) is 14.7. The quantitative estimate of drug-likeness (QED) is 0.844. The van der Waals surface area contributed by atoms with E-state index in [1.165, 1.54) is 19.0 Å². The summed E-state index contributed by atoms with van der Waals surface area (Å²) in [7, 11) is 1.50. The number of amides is 2. The van der Waals surface area contributed by atoms with Crippen LogP contribution in [-0.4, -0.2) is 25.7 Å². The van der Waals surface area contributed by atoms with Crippen molar-refractivity contribution in [3.05, 3.63) is 23.8 Å². The van der Waals surface area contributed by atoms with Crippen molar-refractivity contribution in [2.24, 2.45) is 0 Å². The van der Waals surface area contributed by atoms with Gasteiger partial charge in [0.25, 0.3) is 0 Å². The minimum Gasteiger partial charge on any atom is -0.410 e. The predicted molar refractivity (Wildman–Crippen MR) is 89.6 cm³/mol. The van der Waals surface area contributed by atoms with Gasteiger partial charge < -0.3 is 10.1 Å². The minimum atomic E-state index is -0.539. The molecule has 6 heteroatoms. The van der Waals surface area contributed by atoms with Crippen LogP contribution in [0.4, 0.5) is 10.5 Å². The Bertz CT molecular complexity index is 564. The van der Waals surface area contributed by atoms with Crippen LogP contribution in [0.1, 0.15) is 46.6 Å². The summed E-state index contributed by atoms with van der Waals surface area (Å²) < 4.78 is 5.18. The molecule has 1 aromatic carbocycles. The molecule has 0 fully saturated rings. The third-order valence-electron chi connectivity index (χ3n) is 3.12. The molecular formula is C17H26N2O4. The Hall–Kier alpha value is -2.08. The second-order valence-corrected chi connectivity index (χ2v) is 6.22. The molecule has 0 heterocycles. The smallest absolute Gasteiger partial charge is 0.410 e. The Balaban J connectivity index is 3.29. The van der Waals surface area contributed by atoms with E-state index < -0.39 is 6.09 Å². The highest BCUT2D eigenvalue weighted by Crippen LogP contribution is 2.35. The lowest BCUT2D eigenvalue weighted by molar-refractivity contribution is -0.123. The van der Waals surface area contributed by atoms with Crippen molar-refractivity contribution in [3.63, 3.8) is 0 Å². The number of benzene rings is 1. The molecule has 0 bridgehead atoms. The molecule has 23 heavy (non-hydrogen) atoms. The number of nitrogens with one attached hydrogen (secondary N) is 1. The molecule has 0 saturated heterocycles. The zero-order valence-corrected chi connectivity index (χ0v) is 14.7. The number of hydroxylamine groups is 1. The highest BCUT2D eigenvalue weighted by Gasteiger charge is 2.25. The van der Waals surface area contributed by atoms with Crippen LogP contribution in [-0.2, 0) is 15.0 Å². The fourth-order valence-corrected chi connectivity index (χ4v) is 2.03. The first kappa shape index (κ1) is 19.0. The van der Waals surface area contributed by atoms with Crippen LogP contribution in [0.3, 0.4) is 0 Å². The highest BCUT2D eigenvalue weighted by atomic mass is 16.7. The van der Waals surface area contributed by atoms with Gasteiger partial charge in [-0.2, -0.15) is 5.06 Å². The van der Waals surface area contributed by atoms with Crippen LogP contribution in [0.2, 0.25) is 0 Å². The average molecular weight is 322 g/mol. The van der Waals surface area contributed by atoms with Gasteiger partial charge in [0, 0.05) is 14.0 Å². The fraction of sp³-hybridized carbons (Fsp3) is 0.529. The van der Waals surface area contributed by atoms with E-state index in [1.807, 2.05) is 27.7 Å². The van der Waals surface area contributed by atoms with Crippen molar-refractivity contribution < 1.29 is 19.2 Å². The topological polar surface area (TPSA) is 67.9 Å². The zero-order chi connectivity index (χ0) is 17.6. The number of carbonyl (C=O) groups is 2. The van der Waals surface area contributed by atoms with E-state index in [0.29, 0.717) is 18.0 Å². The second-order valence-electron chi connectivity index (χ2n) is 6.22. The van der Waals surface area contributed by atoms with Gasteiger partial charge in [0.05, 0.1) is 12.3 Å². The lowest BCUT2D eigenvalue weighted by atomic mass is 9.85. The highest BCUT2D eigenvalue weighted by molar-refractivity contribution is 5.90. The van der Waals surface area contributed by atoms with Gasteiger partial charge in [-0.05, 0) is 35.6 Å². The average Bonchev–Trinajstić information content (AvgIpc) is 2.47. The summed E-state index contributed by atoms with van der Waals surface area (Å²) >= 11 is 0. The fourth-order valence-electron chi connectivity index (χ4n) is 2.03. The van der Waals surface area contributed by atoms with Crippen LogP contribution in [0.25, 0.3) is 0 Å². The van der Waals surface area contributed by atoms with Crippen LogP contribution >= 0.6 is 0 Å². The molecule has 0 spiro atoms. The van der Waals surface area contributed by atoms with E-state index in [2.05, 4.69) is 5.32 Å². The van der Waals surface area contributed by atoms with Crippen LogP contribution in [0.15, 0.2) is 18.2 Å². The molecule has 0 aliphatic carbocycles. The van der Waals surface area contributed by atoms with Crippen LogP contribution < -0.4 is 15.1 Å². The van der Waals surface area contributed by atoms with E-state index >= 15 is 0 Å². The summed E-state index contributed by atoms with van der Waals surface area (Å²) in [6.07, 6.45) is 0.259. The number of carbonyl (C=O) groups excluding carboxylic acids is 2. The molecular weight excluding hydrogens is 296 g/mol. The Morgan fingerprint density at radius 1 is 1.26 bits per heavy atom. The van der Waals surface area contributed by atoms with Gasteiger partial charge in [-0.15, -0.1) is 0 Å². The van der Waals surface area contributed by atoms with Crippen molar-refractivity contribution in [1.82, 2.24) is 5.32 Å². The van der Waals surface area contributed by atoms with Crippen molar-refractivity contribution in [2.45, 2.75) is 46.5 Å². The molecule has 0 atom stereocenters. The molecule has 1 aromatic rings. The van der Waals surface area contributed by atoms with Gasteiger partial charge in [0.1, 0.15) is 5.75 Å². The molecule has 0 aliphatic rings. The second kappa shape index (κ2) is 7.97. The summed E-state index contributed by atoms with van der Waals surface area (Å²) in [4.78, 5) is 28.9. The standard InChI is InChI=1S/C17H26N2O4/c1-7-10-22-19(12(2)20)15-9-8-13(23-16(21)18-6)11-14(15)17(3,4)5/h8-9,11H,7,10H2,1-6H3,(H,18,21). The summed E-state index contributed by atoms with van der Waals surface area (Å²) in [6, 6.07) is 5.14. The molecule has 1 rings (SSSR count). The van der Waals surface area contributed by atoms with Gasteiger partial charge in [-0.3, -0.25) is 9.63 Å². The number of hydrogen-bond acceptors (Lipinski definition) is 4. The number of ether oxygens (including phenoxy) is 1. The lowest BCUT2D eigenvalue weighted by Crippen LogP contribution is -2.32. The Morgan fingerprint density at radius 2 is 1.91 bits per heavy atom. The molecule has 2 amide bonds. The Labute approximate surface area is 137 Å². The van der Waals surface area contributed by atoms with Crippen molar-refractivity contribution in [3.8, 4) is 5.75 Å². The molecule has 128 valence electrons. The molecule has 0 radical (unpaired) electrons. The summed E-state index contributed by atoms with van der Waals surface area (Å²) in [5.74, 6) is 0.209. The summed E-state index contributed by atoms with van der Waals surface area (Å²) in [5.41, 5.74) is 1.24. The van der Waals surface area contributed by atoms with E-state index in [1.54, 1.807) is 18.2 Å². The Morgan fingerprint density at radius 3 is 2.39 bits per heavy atom. The molecule has 0 unspecified atom stereocenters. The summed E-state index contributed by atoms with van der Waals surface area (Å²) in [6.45, 7) is 9.94. The number of hydrogen-bond donors (Lipinski definition) is 1. The van der Waals surface area contributed by atoms with E-state index in [0.717, 1.165) is 12.0 Å². The van der Waals surface area contributed by atoms with Gasteiger partial charge in [0.2, 0.25) is 5.91 Å². The van der Waals surface area contributed by atoms with E-state index in [4.69, 9.17) is 9.57 Å². The van der Waals surface area contributed by atoms with Crippen LogP contribution in [0.5, 0.6) is 5.75 Å². The summed E-state index contributed by atoms with van der Waals surface area (Å²) in [5, 5.41) is 3.70. The van der Waals surface area contributed by atoms with Crippen molar-refractivity contribution in [1.29, 1.82) is 0 Å². The monoisotopic (exact) mass is 322 g/mol. The third kappa shape index (κ3) is 5.25. The first-order valence-corrected chi connectivity index (χ1v) is 7.68. The molecule has 1 N–H and O–H groups in total. The van der Waals surface area contributed by atoms with E-state index in [9.17, 15) is 9.59 Å². The normalized spacial score (nSPS) is 11.0. The van der Waals surface area contributed by atoms with Gasteiger partial charge in [-0.25, -0.2) is 4.79 Å². The van der Waals surface area contributed by atoms with Gasteiger partial charge in [-0.1, -0.05) is 27.7 Å². The Kier molecular flexibility index (Phi) is 6.57. The minimum absolute atomic E-state index is 0.205. The van der Waals surface area contributed by atoms with Crippen LogP contribution in [0, 0.1) is 0 Å². The molecule has 0 saturated carbocycles. The number of nitrogens with zero attached hydrogens (tertiary/aromatic N) is 1. The number of anilines is 1. The maximum atomic E-state index is 11.9. The third-order valence-corrected chi connectivity index (χ3v) is 3.12. The maximum Gasteiger partial charge on any atom is 0.412 e. The molecule has 6 nitrogen and oxygen atoms in total. The predicted octanol–water partition coefficient (Wildman–Crippen LogP) is 3.40. The molecule has 0 aliphatic heterocycles. The first-order chi connectivity index (χ1) is 10.7.